The van der Waals surface area contributed by atoms with Crippen LogP contribution in [0.15, 0.2) is 28.7 Å². The molecule has 22 heavy (non-hydrogen) atoms. The van der Waals surface area contributed by atoms with Crippen LogP contribution in [-0.4, -0.2) is 35.0 Å². The van der Waals surface area contributed by atoms with Crippen molar-refractivity contribution in [1.29, 1.82) is 0 Å². The van der Waals surface area contributed by atoms with E-state index in [1.807, 2.05) is 45.0 Å². The molecule has 0 spiro atoms. The normalized spacial score (nSPS) is 22.5. The van der Waals surface area contributed by atoms with Crippen LogP contribution in [-0.2, 0) is 15.0 Å². The van der Waals surface area contributed by atoms with E-state index in [0.29, 0.717) is 19.5 Å². The molecule has 0 aromatic heterocycles. The van der Waals surface area contributed by atoms with E-state index in [-0.39, 0.29) is 11.8 Å². The summed E-state index contributed by atoms with van der Waals surface area (Å²) in [5.41, 5.74) is 0.270. The second-order valence-corrected chi connectivity index (χ2v) is 7.63. The first kappa shape index (κ1) is 17.0. The maximum atomic E-state index is 12.9. The van der Waals surface area contributed by atoms with Crippen molar-refractivity contribution in [3.63, 3.8) is 0 Å². The standard InChI is InChI=1S/C17H22BrNO3/c1-11-8-12(15(20)21)10-19(9-11)16(22)17(2,3)13-4-6-14(18)7-5-13/h4-7,11-12H,8-10H2,1-3H3,(H,20,21). The first-order valence-corrected chi connectivity index (χ1v) is 8.29. The molecule has 0 saturated carbocycles. The summed E-state index contributed by atoms with van der Waals surface area (Å²) < 4.78 is 0.969. The van der Waals surface area contributed by atoms with Crippen LogP contribution in [0.4, 0.5) is 0 Å². The molecule has 120 valence electrons. The van der Waals surface area contributed by atoms with Crippen LogP contribution in [0.25, 0.3) is 0 Å². The number of benzene rings is 1. The van der Waals surface area contributed by atoms with E-state index in [0.717, 1.165) is 10.0 Å². The molecular weight excluding hydrogens is 346 g/mol. The zero-order valence-corrected chi connectivity index (χ0v) is 14.8. The Labute approximate surface area is 139 Å². The van der Waals surface area contributed by atoms with Gasteiger partial charge in [-0.2, -0.15) is 0 Å². The highest BCUT2D eigenvalue weighted by Gasteiger charge is 2.38. The molecule has 1 saturated heterocycles. The van der Waals surface area contributed by atoms with Crippen molar-refractivity contribution in [1.82, 2.24) is 4.90 Å². The van der Waals surface area contributed by atoms with Crippen molar-refractivity contribution in [2.75, 3.05) is 13.1 Å². The smallest absolute Gasteiger partial charge is 0.308 e. The average Bonchev–Trinajstić information content (AvgIpc) is 2.46. The lowest BCUT2D eigenvalue weighted by molar-refractivity contribution is -0.148. The molecule has 2 rings (SSSR count). The molecule has 2 atom stereocenters. The highest BCUT2D eigenvalue weighted by atomic mass is 79.9. The summed E-state index contributed by atoms with van der Waals surface area (Å²) in [7, 11) is 0. The molecule has 1 aliphatic rings. The van der Waals surface area contributed by atoms with Crippen LogP contribution in [0, 0.1) is 11.8 Å². The van der Waals surface area contributed by atoms with Crippen LogP contribution in [0.2, 0.25) is 0 Å². The number of likely N-dealkylation sites (tertiary alicyclic amines) is 1. The largest absolute Gasteiger partial charge is 0.481 e. The molecule has 0 aliphatic carbocycles. The van der Waals surface area contributed by atoms with Gasteiger partial charge in [-0.25, -0.2) is 0 Å². The van der Waals surface area contributed by atoms with Crippen molar-refractivity contribution in [3.05, 3.63) is 34.3 Å². The minimum atomic E-state index is -0.814. The molecule has 4 nitrogen and oxygen atoms in total. The number of piperidine rings is 1. The Morgan fingerprint density at radius 1 is 1.23 bits per heavy atom. The van der Waals surface area contributed by atoms with Gasteiger partial charge in [-0.05, 0) is 43.9 Å². The van der Waals surface area contributed by atoms with Gasteiger partial charge in [-0.15, -0.1) is 0 Å². The van der Waals surface area contributed by atoms with Gasteiger partial charge in [0.1, 0.15) is 0 Å². The molecular formula is C17H22BrNO3. The molecule has 1 fully saturated rings. The highest BCUT2D eigenvalue weighted by Crippen LogP contribution is 2.30. The molecule has 1 heterocycles. The van der Waals surface area contributed by atoms with Crippen LogP contribution in [0.3, 0.4) is 0 Å². The van der Waals surface area contributed by atoms with E-state index in [1.54, 1.807) is 4.90 Å². The number of carboxylic acids is 1. The molecule has 2 unspecified atom stereocenters. The Morgan fingerprint density at radius 2 is 1.82 bits per heavy atom. The van der Waals surface area contributed by atoms with E-state index in [9.17, 15) is 14.7 Å². The van der Waals surface area contributed by atoms with Crippen molar-refractivity contribution >= 4 is 27.8 Å². The summed E-state index contributed by atoms with van der Waals surface area (Å²) in [5.74, 6) is -1.08. The number of aliphatic carboxylic acids is 1. The first-order valence-electron chi connectivity index (χ1n) is 7.50. The van der Waals surface area contributed by atoms with Gasteiger partial charge in [0.05, 0.1) is 11.3 Å². The van der Waals surface area contributed by atoms with Crippen LogP contribution >= 0.6 is 15.9 Å². The molecule has 1 aromatic rings. The van der Waals surface area contributed by atoms with Crippen molar-refractivity contribution in [3.8, 4) is 0 Å². The maximum absolute atomic E-state index is 12.9. The third kappa shape index (κ3) is 3.51. The van der Waals surface area contributed by atoms with Gasteiger partial charge in [0.15, 0.2) is 0 Å². The number of carbonyl (C=O) groups is 2. The summed E-state index contributed by atoms with van der Waals surface area (Å²) >= 11 is 3.40. The predicted octanol–water partition coefficient (Wildman–Crippen LogP) is 3.30. The fourth-order valence-corrected chi connectivity index (χ4v) is 3.35. The lowest BCUT2D eigenvalue weighted by Crippen LogP contribution is -2.51. The van der Waals surface area contributed by atoms with Crippen LogP contribution in [0.5, 0.6) is 0 Å². The molecule has 1 amide bonds. The number of hydrogen-bond donors (Lipinski definition) is 1. The van der Waals surface area contributed by atoms with Gasteiger partial charge in [0.2, 0.25) is 5.91 Å². The summed E-state index contributed by atoms with van der Waals surface area (Å²) in [6.45, 7) is 6.73. The van der Waals surface area contributed by atoms with Crippen LogP contribution in [0.1, 0.15) is 32.8 Å². The summed E-state index contributed by atoms with van der Waals surface area (Å²) in [5, 5.41) is 9.26. The third-order valence-electron chi connectivity index (χ3n) is 4.40. The van der Waals surface area contributed by atoms with E-state index in [1.165, 1.54) is 0 Å². The Bertz CT molecular complexity index is 568. The minimum Gasteiger partial charge on any atom is -0.481 e. The Balaban J connectivity index is 2.21. The van der Waals surface area contributed by atoms with Crippen LogP contribution < -0.4 is 0 Å². The summed E-state index contributed by atoms with van der Waals surface area (Å²) in [6.07, 6.45) is 0.637. The van der Waals surface area contributed by atoms with E-state index < -0.39 is 17.3 Å². The fourth-order valence-electron chi connectivity index (χ4n) is 3.08. The molecule has 1 aromatic carbocycles. The SMILES string of the molecule is CC1CC(C(=O)O)CN(C(=O)C(C)(C)c2ccc(Br)cc2)C1. The quantitative estimate of drug-likeness (QED) is 0.891. The monoisotopic (exact) mass is 367 g/mol. The number of halogens is 1. The van der Waals surface area contributed by atoms with E-state index in [2.05, 4.69) is 15.9 Å². The van der Waals surface area contributed by atoms with Gasteiger partial charge in [0, 0.05) is 17.6 Å². The minimum absolute atomic E-state index is 0.00683. The number of carbonyl (C=O) groups excluding carboxylic acids is 1. The number of rotatable bonds is 3. The Hall–Kier alpha value is -1.36. The maximum Gasteiger partial charge on any atom is 0.308 e. The number of amides is 1. The zero-order chi connectivity index (χ0) is 16.5. The summed E-state index contributed by atoms with van der Waals surface area (Å²) in [6, 6.07) is 7.71. The topological polar surface area (TPSA) is 57.6 Å². The van der Waals surface area contributed by atoms with Crippen molar-refractivity contribution in [2.45, 2.75) is 32.6 Å². The first-order chi connectivity index (χ1) is 10.2. The Morgan fingerprint density at radius 3 is 2.36 bits per heavy atom. The molecule has 0 radical (unpaired) electrons. The summed E-state index contributed by atoms with van der Waals surface area (Å²) in [4.78, 5) is 25.9. The van der Waals surface area contributed by atoms with Gasteiger partial charge in [-0.3, -0.25) is 9.59 Å². The van der Waals surface area contributed by atoms with E-state index >= 15 is 0 Å². The Kier molecular flexibility index (Phi) is 4.95. The molecule has 0 bridgehead atoms. The van der Waals surface area contributed by atoms with Gasteiger partial charge in [-0.1, -0.05) is 35.0 Å². The fraction of sp³-hybridized carbons (Fsp3) is 0.529. The second kappa shape index (κ2) is 6.41. The zero-order valence-electron chi connectivity index (χ0n) is 13.2. The molecule has 1 aliphatic heterocycles. The second-order valence-electron chi connectivity index (χ2n) is 6.72. The van der Waals surface area contributed by atoms with E-state index in [4.69, 9.17) is 0 Å². The number of hydrogen-bond acceptors (Lipinski definition) is 2. The molecule has 5 heteroatoms. The number of nitrogens with zero attached hydrogens (tertiary/aromatic N) is 1. The lowest BCUT2D eigenvalue weighted by atomic mass is 9.81. The third-order valence-corrected chi connectivity index (χ3v) is 4.93. The van der Waals surface area contributed by atoms with Crippen molar-refractivity contribution < 1.29 is 14.7 Å². The molecule has 1 N–H and O–H groups in total. The average molecular weight is 368 g/mol. The van der Waals surface area contributed by atoms with Gasteiger partial charge < -0.3 is 10.0 Å². The van der Waals surface area contributed by atoms with Crippen molar-refractivity contribution in [2.24, 2.45) is 11.8 Å². The number of carboxylic acid groups (broad SMARTS) is 1. The van der Waals surface area contributed by atoms with Gasteiger partial charge >= 0.3 is 5.97 Å². The highest BCUT2D eigenvalue weighted by molar-refractivity contribution is 9.10. The lowest BCUT2D eigenvalue weighted by Gasteiger charge is -2.39. The van der Waals surface area contributed by atoms with Gasteiger partial charge in [0.25, 0.3) is 0 Å². The predicted molar refractivity (Wildman–Crippen MR) is 88.7 cm³/mol.